The molecule has 0 fully saturated rings. The standard InChI is InChI=1S/C12H23N3O3S2/c1-4-9(5-2)15(7-8-16)12-10(11(13)14-19-12)20(17,18)6-3/h9,16H,4-8H2,1-3H3,(H2,13,14). The van der Waals surface area contributed by atoms with Gasteiger partial charge in [0.25, 0.3) is 0 Å². The second-order valence-corrected chi connectivity index (χ2v) is 7.46. The molecular weight excluding hydrogens is 298 g/mol. The lowest BCUT2D eigenvalue weighted by Crippen LogP contribution is -2.37. The monoisotopic (exact) mass is 321 g/mol. The highest BCUT2D eigenvalue weighted by Crippen LogP contribution is 2.37. The van der Waals surface area contributed by atoms with Gasteiger partial charge in [-0.25, -0.2) is 8.42 Å². The van der Waals surface area contributed by atoms with Crippen LogP contribution in [0, 0.1) is 0 Å². The minimum atomic E-state index is -3.43. The molecule has 116 valence electrons. The molecule has 8 heteroatoms. The van der Waals surface area contributed by atoms with Crippen LogP contribution in [0.25, 0.3) is 0 Å². The van der Waals surface area contributed by atoms with E-state index in [2.05, 4.69) is 4.37 Å². The summed E-state index contributed by atoms with van der Waals surface area (Å²) in [5, 5.41) is 9.81. The van der Waals surface area contributed by atoms with E-state index in [1.165, 1.54) is 0 Å². The Bertz CT molecular complexity index is 524. The summed E-state index contributed by atoms with van der Waals surface area (Å²) in [5.74, 6) is 0.0409. The SMILES string of the molecule is CCC(CC)N(CCO)c1snc(N)c1S(=O)(=O)CC. The fourth-order valence-corrected chi connectivity index (χ4v) is 4.59. The van der Waals surface area contributed by atoms with E-state index in [0.717, 1.165) is 24.4 Å². The number of anilines is 2. The lowest BCUT2D eigenvalue weighted by Gasteiger charge is -2.31. The molecular formula is C12H23N3O3S2. The third-order valence-electron chi connectivity index (χ3n) is 3.33. The van der Waals surface area contributed by atoms with Gasteiger partial charge in [0.2, 0.25) is 0 Å². The molecule has 0 saturated carbocycles. The van der Waals surface area contributed by atoms with Gasteiger partial charge >= 0.3 is 0 Å². The molecule has 0 aliphatic rings. The first-order chi connectivity index (χ1) is 9.42. The predicted octanol–water partition coefficient (Wildman–Crippen LogP) is 1.51. The van der Waals surface area contributed by atoms with Gasteiger partial charge in [-0.1, -0.05) is 20.8 Å². The molecule has 1 aromatic rings. The maximum atomic E-state index is 12.2. The summed E-state index contributed by atoms with van der Waals surface area (Å²) in [7, 11) is -3.43. The zero-order valence-corrected chi connectivity index (χ0v) is 13.8. The van der Waals surface area contributed by atoms with E-state index in [-0.39, 0.29) is 29.1 Å². The molecule has 1 heterocycles. The van der Waals surface area contributed by atoms with Crippen LogP contribution < -0.4 is 10.6 Å². The Hall–Kier alpha value is -0.860. The highest BCUT2D eigenvalue weighted by atomic mass is 32.2. The van der Waals surface area contributed by atoms with Crippen LogP contribution in [0.5, 0.6) is 0 Å². The number of aliphatic hydroxyl groups is 1. The van der Waals surface area contributed by atoms with Crippen molar-refractivity contribution in [2.75, 3.05) is 29.5 Å². The van der Waals surface area contributed by atoms with Crippen LogP contribution in [0.2, 0.25) is 0 Å². The maximum absolute atomic E-state index is 12.2. The van der Waals surface area contributed by atoms with Gasteiger partial charge in [0.05, 0.1) is 12.4 Å². The fourth-order valence-electron chi connectivity index (χ4n) is 2.19. The molecule has 1 rings (SSSR count). The summed E-state index contributed by atoms with van der Waals surface area (Å²) in [5.41, 5.74) is 5.75. The Morgan fingerprint density at radius 2 is 1.95 bits per heavy atom. The molecule has 20 heavy (non-hydrogen) atoms. The zero-order valence-electron chi connectivity index (χ0n) is 12.2. The molecule has 0 saturated heterocycles. The van der Waals surface area contributed by atoms with E-state index in [1.54, 1.807) is 6.92 Å². The van der Waals surface area contributed by atoms with Crippen molar-refractivity contribution in [1.82, 2.24) is 4.37 Å². The van der Waals surface area contributed by atoms with E-state index in [1.807, 2.05) is 18.7 Å². The summed E-state index contributed by atoms with van der Waals surface area (Å²) in [6.07, 6.45) is 1.72. The third-order valence-corrected chi connectivity index (χ3v) is 6.15. The second-order valence-electron chi connectivity index (χ2n) is 4.49. The van der Waals surface area contributed by atoms with Crippen molar-refractivity contribution in [3.63, 3.8) is 0 Å². The first-order valence-electron chi connectivity index (χ1n) is 6.78. The molecule has 6 nitrogen and oxygen atoms in total. The summed E-state index contributed by atoms with van der Waals surface area (Å²) < 4.78 is 28.4. The van der Waals surface area contributed by atoms with Crippen molar-refractivity contribution in [2.24, 2.45) is 0 Å². The molecule has 3 N–H and O–H groups in total. The van der Waals surface area contributed by atoms with Crippen molar-refractivity contribution in [2.45, 2.75) is 44.6 Å². The number of sulfone groups is 1. The molecule has 0 aromatic carbocycles. The molecule has 0 unspecified atom stereocenters. The van der Waals surface area contributed by atoms with E-state index in [0.29, 0.717) is 11.5 Å². The lowest BCUT2D eigenvalue weighted by atomic mass is 10.1. The number of nitrogens with two attached hydrogens (primary N) is 1. The van der Waals surface area contributed by atoms with Crippen LogP contribution in [0.3, 0.4) is 0 Å². The van der Waals surface area contributed by atoms with Gasteiger partial charge in [0.15, 0.2) is 15.7 Å². The average molecular weight is 321 g/mol. The Morgan fingerprint density at radius 3 is 2.40 bits per heavy atom. The number of nitrogen functional groups attached to an aromatic ring is 1. The maximum Gasteiger partial charge on any atom is 0.184 e. The number of aliphatic hydroxyl groups excluding tert-OH is 1. The second kappa shape index (κ2) is 7.24. The topological polar surface area (TPSA) is 96.5 Å². The summed E-state index contributed by atoms with van der Waals surface area (Å²) in [6, 6.07) is 0.160. The van der Waals surface area contributed by atoms with Gasteiger partial charge in [-0.05, 0) is 24.4 Å². The van der Waals surface area contributed by atoms with Gasteiger partial charge < -0.3 is 15.7 Å². The Kier molecular flexibility index (Phi) is 6.22. The fraction of sp³-hybridized carbons (Fsp3) is 0.750. The summed E-state index contributed by atoms with van der Waals surface area (Å²) >= 11 is 1.09. The first kappa shape index (κ1) is 17.2. The van der Waals surface area contributed by atoms with Crippen LogP contribution in [0.4, 0.5) is 10.8 Å². The van der Waals surface area contributed by atoms with Gasteiger partial charge in [0, 0.05) is 12.6 Å². The van der Waals surface area contributed by atoms with Gasteiger partial charge in [0.1, 0.15) is 9.90 Å². The Labute approximate surface area is 124 Å². The van der Waals surface area contributed by atoms with Crippen LogP contribution in [-0.4, -0.2) is 42.8 Å². The largest absolute Gasteiger partial charge is 0.395 e. The van der Waals surface area contributed by atoms with Crippen LogP contribution in [0.1, 0.15) is 33.6 Å². The molecule has 0 amide bonds. The normalized spacial score (nSPS) is 12.1. The van der Waals surface area contributed by atoms with Crippen molar-refractivity contribution in [1.29, 1.82) is 0 Å². The molecule has 0 radical (unpaired) electrons. The Morgan fingerprint density at radius 1 is 1.35 bits per heavy atom. The molecule has 0 aliphatic heterocycles. The molecule has 0 atom stereocenters. The van der Waals surface area contributed by atoms with Gasteiger partial charge in [-0.15, -0.1) is 0 Å². The summed E-state index contributed by atoms with van der Waals surface area (Å²) in [4.78, 5) is 2.03. The average Bonchev–Trinajstić information content (AvgIpc) is 2.81. The van der Waals surface area contributed by atoms with Crippen LogP contribution in [-0.2, 0) is 9.84 Å². The number of aromatic nitrogens is 1. The smallest absolute Gasteiger partial charge is 0.184 e. The van der Waals surface area contributed by atoms with E-state index in [4.69, 9.17) is 5.73 Å². The molecule has 0 bridgehead atoms. The van der Waals surface area contributed by atoms with Crippen LogP contribution >= 0.6 is 11.5 Å². The zero-order chi connectivity index (χ0) is 15.3. The van der Waals surface area contributed by atoms with Crippen molar-refractivity contribution >= 4 is 32.2 Å². The molecule has 0 spiro atoms. The Balaban J connectivity index is 3.35. The molecule has 0 aliphatic carbocycles. The first-order valence-corrected chi connectivity index (χ1v) is 9.20. The van der Waals surface area contributed by atoms with Gasteiger partial charge in [-0.3, -0.25) is 0 Å². The van der Waals surface area contributed by atoms with E-state index in [9.17, 15) is 13.5 Å². The number of hydrogen-bond acceptors (Lipinski definition) is 7. The van der Waals surface area contributed by atoms with Crippen molar-refractivity contribution in [3.05, 3.63) is 0 Å². The quantitative estimate of drug-likeness (QED) is 0.753. The minimum Gasteiger partial charge on any atom is -0.395 e. The number of rotatable bonds is 8. The molecule has 1 aromatic heterocycles. The third kappa shape index (κ3) is 3.42. The van der Waals surface area contributed by atoms with E-state index < -0.39 is 9.84 Å². The van der Waals surface area contributed by atoms with Gasteiger partial charge in [-0.2, -0.15) is 4.37 Å². The summed E-state index contributed by atoms with van der Waals surface area (Å²) in [6.45, 7) is 6.00. The lowest BCUT2D eigenvalue weighted by molar-refractivity contribution is 0.296. The van der Waals surface area contributed by atoms with Crippen LogP contribution in [0.15, 0.2) is 4.90 Å². The highest BCUT2D eigenvalue weighted by molar-refractivity contribution is 7.91. The minimum absolute atomic E-state index is 0.0154. The van der Waals surface area contributed by atoms with E-state index >= 15 is 0 Å². The number of nitrogens with zero attached hydrogens (tertiary/aromatic N) is 2. The highest BCUT2D eigenvalue weighted by Gasteiger charge is 2.29. The predicted molar refractivity (Wildman–Crippen MR) is 83.1 cm³/mol. The van der Waals surface area contributed by atoms with Crippen molar-refractivity contribution < 1.29 is 13.5 Å². The number of hydrogen-bond donors (Lipinski definition) is 2. The van der Waals surface area contributed by atoms with Crippen molar-refractivity contribution in [3.8, 4) is 0 Å².